The van der Waals surface area contributed by atoms with Crippen molar-refractivity contribution >= 4 is 23.3 Å². The zero-order valence-corrected chi connectivity index (χ0v) is 12.8. The molecule has 2 rings (SSSR count). The molecule has 2 aromatic rings. The number of carboxylic acid groups (broad SMARTS) is 2. The Morgan fingerprint density at radius 1 is 0.696 bits per heavy atom. The Morgan fingerprint density at radius 2 is 1.04 bits per heavy atom. The van der Waals surface area contributed by atoms with E-state index in [4.69, 9.17) is 10.2 Å². The van der Waals surface area contributed by atoms with Crippen LogP contribution in [-0.4, -0.2) is 22.2 Å². The van der Waals surface area contributed by atoms with E-state index in [0.29, 0.717) is 12.8 Å². The molecule has 0 radical (unpaired) electrons. The Morgan fingerprint density at radius 3 is 1.35 bits per heavy atom. The molecule has 5 nitrogen and oxygen atoms in total. The van der Waals surface area contributed by atoms with E-state index in [1.807, 2.05) is 60.7 Å². The van der Waals surface area contributed by atoms with Crippen molar-refractivity contribution in [2.75, 3.05) is 5.32 Å². The predicted molar refractivity (Wildman–Crippen MR) is 89.9 cm³/mol. The monoisotopic (exact) mass is 315 g/mol. The summed E-state index contributed by atoms with van der Waals surface area (Å²) < 4.78 is 0. The second-order valence-electron chi connectivity index (χ2n) is 4.85. The molecule has 0 fully saturated rings. The number of hydrogen-bond acceptors (Lipinski definition) is 3. The molecule has 0 saturated carbocycles. The van der Waals surface area contributed by atoms with Crippen LogP contribution in [0.3, 0.4) is 0 Å². The lowest BCUT2D eigenvalue weighted by Gasteiger charge is -2.04. The van der Waals surface area contributed by atoms with Gasteiger partial charge in [-0.15, -0.1) is 0 Å². The van der Waals surface area contributed by atoms with Gasteiger partial charge in [0, 0.05) is 24.2 Å². The number of anilines is 2. The Labute approximate surface area is 135 Å². The summed E-state index contributed by atoms with van der Waals surface area (Å²) in [5.74, 6) is -1.74. The van der Waals surface area contributed by atoms with Crippen molar-refractivity contribution in [2.24, 2.45) is 0 Å². The van der Waals surface area contributed by atoms with E-state index in [9.17, 15) is 9.59 Å². The van der Waals surface area contributed by atoms with Crippen LogP contribution in [0.15, 0.2) is 60.7 Å². The molecule has 0 amide bonds. The highest BCUT2D eigenvalue weighted by Gasteiger charge is 1.99. The van der Waals surface area contributed by atoms with Crippen molar-refractivity contribution < 1.29 is 19.8 Å². The lowest BCUT2D eigenvalue weighted by molar-refractivity contribution is -0.139. The number of hydrogen-bond donors (Lipinski definition) is 3. The number of aliphatic carboxylic acids is 2. The van der Waals surface area contributed by atoms with Crippen molar-refractivity contribution in [3.63, 3.8) is 0 Å². The lowest BCUT2D eigenvalue weighted by atomic mass is 10.2. The van der Waals surface area contributed by atoms with Crippen LogP contribution < -0.4 is 5.32 Å². The maximum atomic E-state index is 9.90. The molecular weight excluding hydrogens is 294 g/mol. The van der Waals surface area contributed by atoms with Gasteiger partial charge in [0.15, 0.2) is 0 Å². The average Bonchev–Trinajstić information content (AvgIpc) is 2.54. The normalized spacial score (nSPS) is 9.39. The number of benzene rings is 2. The van der Waals surface area contributed by atoms with E-state index >= 15 is 0 Å². The maximum absolute atomic E-state index is 9.90. The molecule has 0 aliphatic carbocycles. The zero-order valence-electron chi connectivity index (χ0n) is 12.8. The number of carboxylic acids is 2. The van der Waals surface area contributed by atoms with Crippen molar-refractivity contribution in [1.29, 1.82) is 0 Å². The van der Waals surface area contributed by atoms with Gasteiger partial charge in [-0.1, -0.05) is 36.4 Å². The van der Waals surface area contributed by atoms with Gasteiger partial charge in [0.2, 0.25) is 0 Å². The molecule has 122 valence electrons. The van der Waals surface area contributed by atoms with Gasteiger partial charge in [-0.05, 0) is 37.1 Å². The van der Waals surface area contributed by atoms with Crippen molar-refractivity contribution in [3.05, 3.63) is 60.7 Å². The summed E-state index contributed by atoms with van der Waals surface area (Å²) in [6.45, 7) is 0. The predicted octanol–water partition coefficient (Wildman–Crippen LogP) is 4.15. The van der Waals surface area contributed by atoms with E-state index in [2.05, 4.69) is 5.32 Å². The summed E-state index contributed by atoms with van der Waals surface area (Å²) in [6, 6.07) is 20.3. The summed E-state index contributed by atoms with van der Waals surface area (Å²) in [5.41, 5.74) is 2.24. The smallest absolute Gasteiger partial charge is 0.303 e. The van der Waals surface area contributed by atoms with E-state index in [1.54, 1.807) is 0 Å². The Balaban J connectivity index is 0.000000241. The van der Waals surface area contributed by atoms with Crippen molar-refractivity contribution in [2.45, 2.75) is 25.7 Å². The van der Waals surface area contributed by atoms with Crippen molar-refractivity contribution in [1.82, 2.24) is 0 Å². The number of para-hydroxylation sites is 2. The molecule has 0 spiro atoms. The number of nitrogens with one attached hydrogen (secondary N) is 1. The topological polar surface area (TPSA) is 86.6 Å². The van der Waals surface area contributed by atoms with Gasteiger partial charge in [0.1, 0.15) is 0 Å². The fourth-order valence-electron chi connectivity index (χ4n) is 1.76. The molecule has 3 N–H and O–H groups in total. The van der Waals surface area contributed by atoms with Crippen LogP contribution in [0.5, 0.6) is 0 Å². The molecule has 0 aromatic heterocycles. The molecule has 0 saturated heterocycles. The van der Waals surface area contributed by atoms with Crippen LogP contribution in [0.25, 0.3) is 0 Å². The maximum Gasteiger partial charge on any atom is 0.303 e. The average molecular weight is 315 g/mol. The molecule has 0 heterocycles. The first kappa shape index (κ1) is 18.2. The highest BCUT2D eigenvalue weighted by molar-refractivity contribution is 5.67. The summed E-state index contributed by atoms with van der Waals surface area (Å²) in [7, 11) is 0. The molecule has 0 unspecified atom stereocenters. The second-order valence-corrected chi connectivity index (χ2v) is 4.85. The van der Waals surface area contributed by atoms with Gasteiger partial charge in [0.05, 0.1) is 0 Å². The Hall–Kier alpha value is -2.82. The first-order valence-corrected chi connectivity index (χ1v) is 7.38. The van der Waals surface area contributed by atoms with Crippen LogP contribution >= 0.6 is 0 Å². The molecular formula is C18H21NO4. The van der Waals surface area contributed by atoms with E-state index in [-0.39, 0.29) is 12.8 Å². The van der Waals surface area contributed by atoms with Gasteiger partial charge >= 0.3 is 11.9 Å². The minimum absolute atomic E-state index is 0.0628. The molecule has 23 heavy (non-hydrogen) atoms. The van der Waals surface area contributed by atoms with E-state index in [0.717, 1.165) is 11.4 Å². The number of carbonyl (C=O) groups is 2. The SMILES string of the molecule is O=C(O)CCCCC(=O)O.c1ccc(Nc2ccccc2)cc1. The van der Waals surface area contributed by atoms with Crippen molar-refractivity contribution in [3.8, 4) is 0 Å². The molecule has 0 aliphatic rings. The summed E-state index contributed by atoms with van der Waals surface area (Å²) in [6.07, 6.45) is 1.02. The van der Waals surface area contributed by atoms with Gasteiger partial charge in [-0.25, -0.2) is 0 Å². The third-order valence-electron chi connectivity index (χ3n) is 2.87. The van der Waals surface area contributed by atoms with Crippen LogP contribution in [0.2, 0.25) is 0 Å². The largest absolute Gasteiger partial charge is 0.481 e. The minimum Gasteiger partial charge on any atom is -0.481 e. The molecule has 0 atom stereocenters. The second kappa shape index (κ2) is 10.8. The minimum atomic E-state index is -0.870. The van der Waals surface area contributed by atoms with Crippen LogP contribution in [-0.2, 0) is 9.59 Å². The highest BCUT2D eigenvalue weighted by atomic mass is 16.4. The van der Waals surface area contributed by atoms with Gasteiger partial charge in [0.25, 0.3) is 0 Å². The quantitative estimate of drug-likeness (QED) is 0.668. The first-order valence-electron chi connectivity index (χ1n) is 7.38. The fourth-order valence-corrected chi connectivity index (χ4v) is 1.76. The van der Waals surface area contributed by atoms with Crippen LogP contribution in [0.4, 0.5) is 11.4 Å². The first-order chi connectivity index (χ1) is 11.1. The zero-order chi connectivity index (χ0) is 16.9. The Bertz CT molecular complexity index is 531. The summed E-state index contributed by atoms with van der Waals surface area (Å²) >= 11 is 0. The number of unbranched alkanes of at least 4 members (excludes halogenated alkanes) is 1. The molecule has 0 bridgehead atoms. The van der Waals surface area contributed by atoms with E-state index in [1.165, 1.54) is 0 Å². The van der Waals surface area contributed by atoms with Gasteiger partial charge in [-0.3, -0.25) is 9.59 Å². The third kappa shape index (κ3) is 9.68. The molecule has 2 aromatic carbocycles. The summed E-state index contributed by atoms with van der Waals surface area (Å²) in [5, 5.41) is 19.6. The van der Waals surface area contributed by atoms with Gasteiger partial charge < -0.3 is 15.5 Å². The Kier molecular flexibility index (Phi) is 8.59. The molecule has 5 heteroatoms. The van der Waals surface area contributed by atoms with Crippen LogP contribution in [0.1, 0.15) is 25.7 Å². The lowest BCUT2D eigenvalue weighted by Crippen LogP contribution is -1.97. The van der Waals surface area contributed by atoms with Gasteiger partial charge in [-0.2, -0.15) is 0 Å². The summed E-state index contributed by atoms with van der Waals surface area (Å²) in [4.78, 5) is 19.8. The third-order valence-corrected chi connectivity index (χ3v) is 2.87. The molecule has 0 aliphatic heterocycles. The number of rotatable bonds is 7. The fraction of sp³-hybridized carbons (Fsp3) is 0.222. The standard InChI is InChI=1S/C12H11N.C6H10O4/c1-3-7-11(8-4-1)13-12-9-5-2-6-10-12;7-5(8)3-1-2-4-6(9)10/h1-10,13H;1-4H2,(H,7,8)(H,9,10). The van der Waals surface area contributed by atoms with Crippen LogP contribution in [0, 0.1) is 0 Å². The van der Waals surface area contributed by atoms with E-state index < -0.39 is 11.9 Å². The highest BCUT2D eigenvalue weighted by Crippen LogP contribution is 2.14.